The molecule has 5 nitrogen and oxygen atoms in total. The minimum absolute atomic E-state index is 0.249. The van der Waals surface area contributed by atoms with Crippen molar-refractivity contribution >= 4 is 5.91 Å². The standard InChI is InChI=1S/C28H37N3O2/c1-20(2)28(11-7-26(17-28)30-25-9-14-33-15-10-25)27(32)31-13-8-21-5-6-22(16-24(21)19-31)23-4-3-12-29-18-23/h3-6,12,16,18,20,25-26,30H,7-11,13-15,17,19H2,1-2H3/t26-,28+/m1/s1. The summed E-state index contributed by atoms with van der Waals surface area (Å²) < 4.78 is 5.52. The van der Waals surface area contributed by atoms with Gasteiger partial charge in [-0.3, -0.25) is 9.78 Å². The zero-order valence-corrected chi connectivity index (χ0v) is 20.1. The lowest BCUT2D eigenvalue weighted by Crippen LogP contribution is -2.48. The van der Waals surface area contributed by atoms with Crippen LogP contribution in [0.3, 0.4) is 0 Å². The highest BCUT2D eigenvalue weighted by atomic mass is 16.5. The summed E-state index contributed by atoms with van der Waals surface area (Å²) in [6.07, 6.45) is 9.86. The highest BCUT2D eigenvalue weighted by Crippen LogP contribution is 2.46. The number of benzene rings is 1. The molecule has 1 aromatic carbocycles. The first-order chi connectivity index (χ1) is 16.0. The maximum Gasteiger partial charge on any atom is 0.229 e. The Morgan fingerprint density at radius 3 is 2.73 bits per heavy atom. The minimum Gasteiger partial charge on any atom is -0.381 e. The number of carbonyl (C=O) groups excluding carboxylic acids is 1. The van der Waals surface area contributed by atoms with E-state index in [4.69, 9.17) is 4.74 Å². The molecule has 0 bridgehead atoms. The summed E-state index contributed by atoms with van der Waals surface area (Å²) in [5, 5.41) is 3.87. The summed E-state index contributed by atoms with van der Waals surface area (Å²) >= 11 is 0. The number of pyridine rings is 1. The molecule has 2 aromatic rings. The van der Waals surface area contributed by atoms with Crippen LogP contribution in [0.4, 0.5) is 0 Å². The number of carbonyl (C=O) groups is 1. The van der Waals surface area contributed by atoms with Crippen molar-refractivity contribution in [3.8, 4) is 11.1 Å². The first-order valence-electron chi connectivity index (χ1n) is 12.7. The highest BCUT2D eigenvalue weighted by Gasteiger charge is 2.49. The molecule has 0 unspecified atom stereocenters. The normalized spacial score (nSPS) is 25.9. The van der Waals surface area contributed by atoms with Gasteiger partial charge in [-0.15, -0.1) is 0 Å². The van der Waals surface area contributed by atoms with E-state index in [1.807, 2.05) is 12.3 Å². The third kappa shape index (κ3) is 4.58. The number of hydrogen-bond acceptors (Lipinski definition) is 4. The van der Waals surface area contributed by atoms with Crippen molar-refractivity contribution in [3.63, 3.8) is 0 Å². The molecule has 2 fully saturated rings. The van der Waals surface area contributed by atoms with Gasteiger partial charge in [-0.25, -0.2) is 0 Å². The van der Waals surface area contributed by atoms with Gasteiger partial charge in [-0.2, -0.15) is 0 Å². The van der Waals surface area contributed by atoms with Crippen LogP contribution >= 0.6 is 0 Å². The fraction of sp³-hybridized carbons (Fsp3) is 0.571. The molecule has 2 aliphatic heterocycles. The van der Waals surface area contributed by atoms with Crippen LogP contribution in [0.5, 0.6) is 0 Å². The molecule has 3 heterocycles. The number of hydrogen-bond donors (Lipinski definition) is 1. The van der Waals surface area contributed by atoms with E-state index in [1.54, 1.807) is 6.20 Å². The third-order valence-corrected chi connectivity index (χ3v) is 8.27. The van der Waals surface area contributed by atoms with Gasteiger partial charge in [-0.05, 0) is 78.8 Å². The Morgan fingerprint density at radius 1 is 1.12 bits per heavy atom. The van der Waals surface area contributed by atoms with Crippen LogP contribution in [0, 0.1) is 11.3 Å². The molecule has 33 heavy (non-hydrogen) atoms. The van der Waals surface area contributed by atoms with E-state index in [1.165, 1.54) is 16.7 Å². The lowest BCUT2D eigenvalue weighted by atomic mass is 9.73. The monoisotopic (exact) mass is 447 g/mol. The average Bonchev–Trinajstić information content (AvgIpc) is 3.29. The molecule has 0 radical (unpaired) electrons. The summed E-state index contributed by atoms with van der Waals surface area (Å²) in [7, 11) is 0. The van der Waals surface area contributed by atoms with Gasteiger partial charge in [0.15, 0.2) is 0 Å². The molecule has 1 saturated heterocycles. The Labute approximate surface area is 197 Å². The number of nitrogens with zero attached hydrogens (tertiary/aromatic N) is 2. The molecular formula is C28H37N3O2. The third-order valence-electron chi connectivity index (χ3n) is 8.27. The van der Waals surface area contributed by atoms with E-state index in [-0.39, 0.29) is 5.41 Å². The Kier molecular flexibility index (Phi) is 6.53. The maximum atomic E-state index is 14.0. The van der Waals surface area contributed by atoms with E-state index >= 15 is 0 Å². The van der Waals surface area contributed by atoms with Crippen molar-refractivity contribution in [2.45, 2.75) is 71.0 Å². The van der Waals surface area contributed by atoms with Crippen molar-refractivity contribution in [1.82, 2.24) is 15.2 Å². The first-order valence-corrected chi connectivity index (χ1v) is 12.7. The molecule has 1 saturated carbocycles. The summed E-state index contributed by atoms with van der Waals surface area (Å²) in [4.78, 5) is 20.4. The van der Waals surface area contributed by atoms with E-state index in [2.05, 4.69) is 53.3 Å². The Balaban J connectivity index is 1.31. The van der Waals surface area contributed by atoms with Gasteiger partial charge in [0, 0.05) is 50.8 Å². The number of rotatable bonds is 5. The van der Waals surface area contributed by atoms with Crippen LogP contribution in [0.25, 0.3) is 11.1 Å². The van der Waals surface area contributed by atoms with Crippen molar-refractivity contribution in [2.75, 3.05) is 19.8 Å². The number of amides is 1. The molecule has 3 aliphatic rings. The molecule has 2 atom stereocenters. The van der Waals surface area contributed by atoms with E-state index in [0.717, 1.165) is 70.4 Å². The molecule has 5 rings (SSSR count). The van der Waals surface area contributed by atoms with E-state index in [9.17, 15) is 4.79 Å². The number of aromatic nitrogens is 1. The van der Waals surface area contributed by atoms with Crippen LogP contribution in [-0.2, 0) is 22.5 Å². The first kappa shape index (κ1) is 22.5. The minimum atomic E-state index is -0.249. The van der Waals surface area contributed by atoms with Gasteiger partial charge < -0.3 is 15.0 Å². The molecular weight excluding hydrogens is 410 g/mol. The van der Waals surface area contributed by atoms with E-state index in [0.29, 0.717) is 23.9 Å². The zero-order chi connectivity index (χ0) is 22.8. The molecule has 1 amide bonds. The second-order valence-corrected chi connectivity index (χ2v) is 10.5. The predicted molar refractivity (Wildman–Crippen MR) is 131 cm³/mol. The number of fused-ring (bicyclic) bond motifs is 1. The SMILES string of the molecule is CC(C)[C@]1(C(=O)N2CCc3ccc(-c4cccnc4)cc3C2)CC[C@@H](NC2CCOCC2)C1. The number of nitrogens with one attached hydrogen (secondary N) is 1. The van der Waals surface area contributed by atoms with Crippen LogP contribution < -0.4 is 5.32 Å². The van der Waals surface area contributed by atoms with Gasteiger partial charge in [0.25, 0.3) is 0 Å². The van der Waals surface area contributed by atoms with Crippen molar-refractivity contribution in [3.05, 3.63) is 53.9 Å². The molecule has 5 heteroatoms. The van der Waals surface area contributed by atoms with Gasteiger partial charge in [0.1, 0.15) is 0 Å². The van der Waals surface area contributed by atoms with Gasteiger partial charge in [-0.1, -0.05) is 32.0 Å². The smallest absolute Gasteiger partial charge is 0.229 e. The average molecular weight is 448 g/mol. The lowest BCUT2D eigenvalue weighted by Gasteiger charge is -2.40. The fourth-order valence-electron chi connectivity index (χ4n) is 6.14. The van der Waals surface area contributed by atoms with E-state index < -0.39 is 0 Å². The largest absolute Gasteiger partial charge is 0.381 e. The van der Waals surface area contributed by atoms with Crippen molar-refractivity contribution in [1.29, 1.82) is 0 Å². The molecule has 1 N–H and O–H groups in total. The molecule has 1 aliphatic carbocycles. The zero-order valence-electron chi connectivity index (χ0n) is 20.1. The second kappa shape index (κ2) is 9.55. The Morgan fingerprint density at radius 2 is 1.97 bits per heavy atom. The van der Waals surface area contributed by atoms with Crippen LogP contribution in [0.2, 0.25) is 0 Å². The van der Waals surface area contributed by atoms with Crippen molar-refractivity contribution < 1.29 is 9.53 Å². The summed E-state index contributed by atoms with van der Waals surface area (Å²) in [5.41, 5.74) is 4.71. The summed E-state index contributed by atoms with van der Waals surface area (Å²) in [6, 6.07) is 11.7. The quantitative estimate of drug-likeness (QED) is 0.728. The Bertz CT molecular complexity index is 970. The highest BCUT2D eigenvalue weighted by molar-refractivity contribution is 5.84. The maximum absolute atomic E-state index is 14.0. The lowest BCUT2D eigenvalue weighted by molar-refractivity contribution is -0.145. The number of ether oxygens (including phenoxy) is 1. The summed E-state index contributed by atoms with van der Waals surface area (Å²) in [5.74, 6) is 0.709. The topological polar surface area (TPSA) is 54.5 Å². The second-order valence-electron chi connectivity index (χ2n) is 10.5. The predicted octanol–water partition coefficient (Wildman–Crippen LogP) is 4.60. The molecule has 176 valence electrons. The van der Waals surface area contributed by atoms with Crippen LogP contribution in [-0.4, -0.2) is 47.6 Å². The van der Waals surface area contributed by atoms with Crippen LogP contribution in [0.1, 0.15) is 57.1 Å². The molecule has 0 spiro atoms. The van der Waals surface area contributed by atoms with Gasteiger partial charge in [0.2, 0.25) is 5.91 Å². The molecule has 1 aromatic heterocycles. The summed E-state index contributed by atoms with van der Waals surface area (Å²) in [6.45, 7) is 7.74. The Hall–Kier alpha value is -2.24. The van der Waals surface area contributed by atoms with Gasteiger partial charge >= 0.3 is 0 Å². The fourth-order valence-corrected chi connectivity index (χ4v) is 6.14. The van der Waals surface area contributed by atoms with Crippen molar-refractivity contribution in [2.24, 2.45) is 11.3 Å². The van der Waals surface area contributed by atoms with Gasteiger partial charge in [0.05, 0.1) is 5.41 Å². The van der Waals surface area contributed by atoms with Crippen LogP contribution in [0.15, 0.2) is 42.7 Å².